The van der Waals surface area contributed by atoms with Crippen LogP contribution in [0.3, 0.4) is 0 Å². The van der Waals surface area contributed by atoms with Crippen molar-refractivity contribution in [3.63, 3.8) is 0 Å². The molecule has 0 fully saturated rings. The van der Waals surface area contributed by atoms with Crippen molar-refractivity contribution in [1.82, 2.24) is 0 Å². The zero-order valence-electron chi connectivity index (χ0n) is 5.84. The Morgan fingerprint density at radius 2 is 1.92 bits per heavy atom. The van der Waals surface area contributed by atoms with Crippen molar-refractivity contribution in [3.8, 4) is 0 Å². The Labute approximate surface area is 74.7 Å². The standard InChI is InChI=1S/C6H5ClO4S/c7-12(9,11-10-8)6-4-2-1-3-5-6/h1-5H/p+1. The molecule has 0 saturated heterocycles. The molecule has 12 heavy (non-hydrogen) atoms. The van der Waals surface area contributed by atoms with E-state index < -0.39 is 9.43 Å². The molecule has 1 aromatic carbocycles. The summed E-state index contributed by atoms with van der Waals surface area (Å²) in [5.74, 6) is 0. The van der Waals surface area contributed by atoms with Crippen molar-refractivity contribution in [1.29, 1.82) is 0 Å². The third kappa shape index (κ3) is 2.26. The summed E-state index contributed by atoms with van der Waals surface area (Å²) in [7, 11) is 2.12. The van der Waals surface area contributed by atoms with Gasteiger partial charge in [0.15, 0.2) is 0 Å². The molecule has 1 rings (SSSR count). The molecule has 4 nitrogen and oxygen atoms in total. The van der Waals surface area contributed by atoms with E-state index in [0.29, 0.717) is 0 Å². The zero-order valence-corrected chi connectivity index (χ0v) is 7.42. The van der Waals surface area contributed by atoms with Crippen LogP contribution >= 0.6 is 10.7 Å². The summed E-state index contributed by atoms with van der Waals surface area (Å²) < 4.78 is 15.2. The van der Waals surface area contributed by atoms with Crippen LogP contribution < -0.4 is 0 Å². The Balaban J connectivity index is 2.90. The molecule has 0 spiro atoms. The number of rotatable bonds is 3. The first kappa shape index (κ1) is 9.63. The van der Waals surface area contributed by atoms with Crippen molar-refractivity contribution in [2.75, 3.05) is 0 Å². The van der Waals surface area contributed by atoms with E-state index >= 15 is 0 Å². The van der Waals surface area contributed by atoms with Gasteiger partial charge in [-0.1, -0.05) is 18.2 Å². The van der Waals surface area contributed by atoms with Gasteiger partial charge in [0.1, 0.15) is 0 Å². The van der Waals surface area contributed by atoms with E-state index in [4.69, 9.17) is 15.9 Å². The molecule has 0 aromatic heterocycles. The van der Waals surface area contributed by atoms with Crippen LogP contribution in [-0.4, -0.2) is 5.26 Å². The van der Waals surface area contributed by atoms with Crippen LogP contribution in [0.15, 0.2) is 35.2 Å². The van der Waals surface area contributed by atoms with Crippen LogP contribution in [0.1, 0.15) is 0 Å². The van der Waals surface area contributed by atoms with E-state index in [9.17, 15) is 4.21 Å². The van der Waals surface area contributed by atoms with E-state index in [1.807, 2.05) is 0 Å². The number of benzene rings is 1. The average Bonchev–Trinajstić information content (AvgIpc) is 2.06. The van der Waals surface area contributed by atoms with Crippen LogP contribution in [0.4, 0.5) is 0 Å². The molecule has 0 aliphatic heterocycles. The fourth-order valence-corrected chi connectivity index (χ4v) is 1.68. The van der Waals surface area contributed by atoms with E-state index in [-0.39, 0.29) is 4.90 Å². The number of halogens is 1. The topological polar surface area (TPSA) is 55.8 Å². The Bertz CT molecular complexity index is 289. The van der Waals surface area contributed by atoms with Crippen LogP contribution in [0.5, 0.6) is 0 Å². The zero-order chi connectivity index (χ0) is 9.03. The first-order valence-corrected chi connectivity index (χ1v) is 5.26. The maximum atomic E-state index is 11.2. The van der Waals surface area contributed by atoms with Gasteiger partial charge in [-0.3, -0.25) is 0 Å². The number of hydrogen-bond donors (Lipinski definition) is 1. The molecule has 0 amide bonds. The highest BCUT2D eigenvalue weighted by molar-refractivity contribution is 8.19. The van der Waals surface area contributed by atoms with Gasteiger partial charge < -0.3 is 0 Å². The molecule has 0 radical (unpaired) electrons. The molecular weight excluding hydrogens is 204 g/mol. The maximum absolute atomic E-state index is 11.2. The fourth-order valence-electron chi connectivity index (χ4n) is 0.661. The SMILES string of the molecule is O=[S+](Cl)(OOO)c1ccccc1. The van der Waals surface area contributed by atoms with Gasteiger partial charge in [0, 0.05) is 4.33 Å². The van der Waals surface area contributed by atoms with Gasteiger partial charge in [0.2, 0.25) is 15.6 Å². The molecule has 66 valence electrons. The van der Waals surface area contributed by atoms with Crippen LogP contribution in [0.2, 0.25) is 0 Å². The third-order valence-electron chi connectivity index (χ3n) is 1.14. The van der Waals surface area contributed by atoms with Crippen LogP contribution in [-0.2, 0) is 23.0 Å². The highest BCUT2D eigenvalue weighted by atomic mass is 35.7. The molecule has 1 atom stereocenters. The lowest BCUT2D eigenvalue weighted by molar-refractivity contribution is -0.436. The van der Waals surface area contributed by atoms with E-state index in [1.165, 1.54) is 12.1 Å². The van der Waals surface area contributed by atoms with Crippen molar-refractivity contribution in [3.05, 3.63) is 30.3 Å². The predicted octanol–water partition coefficient (Wildman–Crippen LogP) is 2.04. The molecule has 1 aromatic rings. The van der Waals surface area contributed by atoms with Gasteiger partial charge in [0.25, 0.3) is 0 Å². The quantitative estimate of drug-likeness (QED) is 0.358. The Morgan fingerprint density at radius 1 is 1.33 bits per heavy atom. The first-order valence-electron chi connectivity index (χ1n) is 2.95. The number of hydrogen-bond acceptors (Lipinski definition) is 4. The minimum atomic E-state index is -3.26. The fraction of sp³-hybridized carbons (Fsp3) is 0. The summed E-state index contributed by atoms with van der Waals surface area (Å²) in [4.78, 5) is 0.237. The Hall–Kier alpha value is -0.460. The molecule has 0 heterocycles. The molecular formula is C6H6ClO4S+. The van der Waals surface area contributed by atoms with Crippen molar-refractivity contribution in [2.24, 2.45) is 0 Å². The van der Waals surface area contributed by atoms with Gasteiger partial charge >= 0.3 is 9.43 Å². The van der Waals surface area contributed by atoms with E-state index in [1.54, 1.807) is 18.2 Å². The summed E-state index contributed by atoms with van der Waals surface area (Å²) >= 11 is 0. The van der Waals surface area contributed by atoms with Crippen molar-refractivity contribution >= 4 is 20.1 Å². The predicted molar refractivity (Wildman–Crippen MR) is 43.4 cm³/mol. The molecule has 1 unspecified atom stereocenters. The van der Waals surface area contributed by atoms with Gasteiger partial charge in [0.05, 0.1) is 0 Å². The monoisotopic (exact) mass is 209 g/mol. The van der Waals surface area contributed by atoms with Gasteiger partial charge in [-0.15, -0.1) is 0 Å². The average molecular weight is 210 g/mol. The van der Waals surface area contributed by atoms with Crippen molar-refractivity contribution < 1.29 is 18.8 Å². The summed E-state index contributed by atoms with van der Waals surface area (Å²) in [6.07, 6.45) is 0. The second kappa shape index (κ2) is 3.97. The molecule has 1 N–H and O–H groups in total. The first-order chi connectivity index (χ1) is 5.67. The van der Waals surface area contributed by atoms with Crippen molar-refractivity contribution in [2.45, 2.75) is 4.90 Å². The Morgan fingerprint density at radius 3 is 2.42 bits per heavy atom. The molecule has 0 aliphatic carbocycles. The van der Waals surface area contributed by atoms with Gasteiger partial charge in [-0.2, -0.15) is 0 Å². The lowest BCUT2D eigenvalue weighted by atomic mass is 10.4. The molecule has 0 saturated carbocycles. The molecule has 0 aliphatic rings. The maximum Gasteiger partial charge on any atom is 0.388 e. The highest BCUT2D eigenvalue weighted by Gasteiger charge is 2.34. The van der Waals surface area contributed by atoms with Gasteiger partial charge in [-0.05, 0) is 21.4 Å². The second-order valence-corrected chi connectivity index (χ2v) is 4.60. The third-order valence-corrected chi connectivity index (χ3v) is 2.90. The summed E-state index contributed by atoms with van der Waals surface area (Å²) in [5.41, 5.74) is 0. The highest BCUT2D eigenvalue weighted by Crippen LogP contribution is 2.24. The minimum absolute atomic E-state index is 0.237. The van der Waals surface area contributed by atoms with Gasteiger partial charge in [-0.25, -0.2) is 5.26 Å². The van der Waals surface area contributed by atoms with Crippen LogP contribution in [0.25, 0.3) is 0 Å². The second-order valence-electron chi connectivity index (χ2n) is 1.89. The largest absolute Gasteiger partial charge is 0.388 e. The Kier molecular flexibility index (Phi) is 3.19. The minimum Gasteiger partial charge on any atom is -0.217 e. The lowest BCUT2D eigenvalue weighted by Gasteiger charge is -1.95. The van der Waals surface area contributed by atoms with Crippen LogP contribution in [0, 0.1) is 0 Å². The smallest absolute Gasteiger partial charge is 0.217 e. The summed E-state index contributed by atoms with van der Waals surface area (Å²) in [5, 5.41) is 11.1. The van der Waals surface area contributed by atoms with E-state index in [2.05, 4.69) is 9.37 Å². The summed E-state index contributed by atoms with van der Waals surface area (Å²) in [6, 6.07) is 7.99. The molecule has 0 bridgehead atoms. The molecule has 6 heteroatoms. The normalized spacial score (nSPS) is 15.5. The summed E-state index contributed by atoms with van der Waals surface area (Å²) in [6.45, 7) is 0. The lowest BCUT2D eigenvalue weighted by Crippen LogP contribution is -2.06. The van der Waals surface area contributed by atoms with E-state index in [0.717, 1.165) is 0 Å².